The average molecular weight is 303 g/mol. The smallest absolute Gasteiger partial charge is 0.261 e. The van der Waals surface area contributed by atoms with Crippen molar-refractivity contribution < 1.29 is 8.94 Å². The summed E-state index contributed by atoms with van der Waals surface area (Å²) in [5.41, 5.74) is 0.837. The lowest BCUT2D eigenvalue weighted by Gasteiger charge is -2.31. The molecule has 1 aliphatic rings. The van der Waals surface area contributed by atoms with Crippen LogP contribution in [0.2, 0.25) is 0 Å². The van der Waals surface area contributed by atoms with Crippen LogP contribution in [-0.4, -0.2) is 27.6 Å². The van der Waals surface area contributed by atoms with Gasteiger partial charge in [0.05, 0.1) is 18.4 Å². The molecule has 5 heteroatoms. The minimum absolute atomic E-state index is 0.535. The Hall–Kier alpha value is -1.62. The van der Waals surface area contributed by atoms with Crippen molar-refractivity contribution in [2.45, 2.75) is 52.6 Å². The van der Waals surface area contributed by atoms with Crippen molar-refractivity contribution in [2.75, 3.05) is 6.54 Å². The topological polar surface area (TPSA) is 55.3 Å². The molecule has 3 heterocycles. The Labute approximate surface area is 131 Å². The first-order valence-electron chi connectivity index (χ1n) is 8.22. The summed E-state index contributed by atoms with van der Waals surface area (Å²) in [5.74, 6) is 2.74. The van der Waals surface area contributed by atoms with Crippen molar-refractivity contribution in [1.82, 2.24) is 15.0 Å². The van der Waals surface area contributed by atoms with Gasteiger partial charge in [0.15, 0.2) is 5.82 Å². The van der Waals surface area contributed by atoms with E-state index in [-0.39, 0.29) is 0 Å². The van der Waals surface area contributed by atoms with Gasteiger partial charge in [0.2, 0.25) is 0 Å². The van der Waals surface area contributed by atoms with Crippen LogP contribution in [0.4, 0.5) is 0 Å². The molecule has 2 atom stereocenters. The SMILES string of the molecule is CC1CCC(C(C)C)N(Cc2noc(-c3ccoc3)n2)CC1. The Bertz CT molecular complexity index is 577. The van der Waals surface area contributed by atoms with Crippen LogP contribution in [0, 0.1) is 11.8 Å². The third kappa shape index (κ3) is 3.40. The Balaban J connectivity index is 1.72. The van der Waals surface area contributed by atoms with Gasteiger partial charge in [-0.1, -0.05) is 25.9 Å². The molecular weight excluding hydrogens is 278 g/mol. The van der Waals surface area contributed by atoms with Crippen molar-refractivity contribution in [3.05, 3.63) is 24.4 Å². The molecule has 0 aromatic carbocycles. The van der Waals surface area contributed by atoms with Crippen LogP contribution in [0.1, 0.15) is 45.9 Å². The van der Waals surface area contributed by atoms with E-state index >= 15 is 0 Å². The molecule has 2 aromatic heterocycles. The van der Waals surface area contributed by atoms with E-state index < -0.39 is 0 Å². The normalized spacial score (nSPS) is 23.8. The standard InChI is InChI=1S/C17H25N3O2/c1-12(2)15-5-4-13(3)6-8-20(15)10-16-18-17(22-19-16)14-7-9-21-11-14/h7,9,11-13,15H,4-6,8,10H2,1-3H3. The van der Waals surface area contributed by atoms with E-state index in [2.05, 4.69) is 35.8 Å². The second-order valence-corrected chi connectivity index (χ2v) is 6.78. The third-order valence-corrected chi connectivity index (χ3v) is 4.68. The van der Waals surface area contributed by atoms with E-state index in [1.165, 1.54) is 19.3 Å². The van der Waals surface area contributed by atoms with Crippen LogP contribution in [-0.2, 0) is 6.54 Å². The Morgan fingerprint density at radius 3 is 2.91 bits per heavy atom. The molecule has 0 saturated carbocycles. The zero-order valence-electron chi connectivity index (χ0n) is 13.7. The minimum atomic E-state index is 0.535. The van der Waals surface area contributed by atoms with Gasteiger partial charge in [-0.3, -0.25) is 4.90 Å². The van der Waals surface area contributed by atoms with E-state index in [1.807, 2.05) is 6.07 Å². The van der Waals surface area contributed by atoms with Gasteiger partial charge >= 0.3 is 0 Å². The summed E-state index contributed by atoms with van der Waals surface area (Å²) < 4.78 is 10.4. The molecule has 120 valence electrons. The second-order valence-electron chi connectivity index (χ2n) is 6.78. The Kier molecular flexibility index (Phi) is 4.62. The number of hydrogen-bond acceptors (Lipinski definition) is 5. The van der Waals surface area contributed by atoms with Crippen LogP contribution in [0.5, 0.6) is 0 Å². The van der Waals surface area contributed by atoms with E-state index in [4.69, 9.17) is 8.94 Å². The third-order valence-electron chi connectivity index (χ3n) is 4.68. The lowest BCUT2D eigenvalue weighted by Crippen LogP contribution is -2.38. The van der Waals surface area contributed by atoms with Gasteiger partial charge in [-0.15, -0.1) is 0 Å². The number of hydrogen-bond donors (Lipinski definition) is 0. The molecule has 5 nitrogen and oxygen atoms in total. The maximum Gasteiger partial charge on any atom is 0.261 e. The molecule has 0 radical (unpaired) electrons. The number of likely N-dealkylation sites (tertiary alicyclic amines) is 1. The zero-order valence-corrected chi connectivity index (χ0v) is 13.7. The molecule has 0 spiro atoms. The molecule has 0 amide bonds. The van der Waals surface area contributed by atoms with Crippen LogP contribution in [0.15, 0.2) is 27.5 Å². The molecule has 0 bridgehead atoms. The van der Waals surface area contributed by atoms with E-state index in [0.717, 1.165) is 30.4 Å². The van der Waals surface area contributed by atoms with Crippen LogP contribution in [0.3, 0.4) is 0 Å². The van der Waals surface area contributed by atoms with Crippen LogP contribution >= 0.6 is 0 Å². The van der Waals surface area contributed by atoms with Gasteiger partial charge in [0.1, 0.15) is 6.26 Å². The molecule has 2 aromatic rings. The van der Waals surface area contributed by atoms with E-state index in [0.29, 0.717) is 17.9 Å². The number of aromatic nitrogens is 2. The molecule has 0 aliphatic carbocycles. The molecule has 3 rings (SSSR count). The van der Waals surface area contributed by atoms with Gasteiger partial charge in [-0.2, -0.15) is 4.98 Å². The fraction of sp³-hybridized carbons (Fsp3) is 0.647. The average Bonchev–Trinajstić information content (AvgIpc) is 3.11. The molecule has 1 aliphatic heterocycles. The van der Waals surface area contributed by atoms with Crippen LogP contribution < -0.4 is 0 Å². The summed E-state index contributed by atoms with van der Waals surface area (Å²) in [4.78, 5) is 7.04. The minimum Gasteiger partial charge on any atom is -0.472 e. The fourth-order valence-electron chi connectivity index (χ4n) is 3.29. The first-order chi connectivity index (χ1) is 10.6. The summed E-state index contributed by atoms with van der Waals surface area (Å²) in [6.45, 7) is 8.84. The van der Waals surface area contributed by atoms with E-state index in [9.17, 15) is 0 Å². The van der Waals surface area contributed by atoms with Gasteiger partial charge in [0, 0.05) is 6.04 Å². The summed E-state index contributed by atoms with van der Waals surface area (Å²) in [6.07, 6.45) is 7.05. The lowest BCUT2D eigenvalue weighted by atomic mass is 9.95. The van der Waals surface area contributed by atoms with Crippen LogP contribution in [0.25, 0.3) is 11.5 Å². The highest BCUT2D eigenvalue weighted by molar-refractivity contribution is 5.49. The lowest BCUT2D eigenvalue weighted by molar-refractivity contribution is 0.144. The number of furan rings is 1. The molecule has 0 N–H and O–H groups in total. The number of rotatable bonds is 4. The summed E-state index contributed by atoms with van der Waals surface area (Å²) in [6, 6.07) is 2.43. The molecule has 2 unspecified atom stereocenters. The van der Waals surface area contributed by atoms with Crippen molar-refractivity contribution in [1.29, 1.82) is 0 Å². The maximum atomic E-state index is 5.35. The first-order valence-corrected chi connectivity index (χ1v) is 8.22. The first kappa shape index (κ1) is 15.3. The summed E-state index contributed by atoms with van der Waals surface area (Å²) in [7, 11) is 0. The molecule has 22 heavy (non-hydrogen) atoms. The quantitative estimate of drug-likeness (QED) is 0.855. The highest BCUT2D eigenvalue weighted by atomic mass is 16.5. The second kappa shape index (κ2) is 6.65. The Morgan fingerprint density at radius 1 is 1.32 bits per heavy atom. The predicted molar refractivity (Wildman–Crippen MR) is 84.1 cm³/mol. The van der Waals surface area contributed by atoms with E-state index in [1.54, 1.807) is 12.5 Å². The van der Waals surface area contributed by atoms with Crippen molar-refractivity contribution in [3.63, 3.8) is 0 Å². The fourth-order valence-corrected chi connectivity index (χ4v) is 3.29. The van der Waals surface area contributed by atoms with Gasteiger partial charge < -0.3 is 8.94 Å². The Morgan fingerprint density at radius 2 is 2.18 bits per heavy atom. The molecular formula is C17H25N3O2. The predicted octanol–water partition coefficient (Wildman–Crippen LogP) is 3.98. The monoisotopic (exact) mass is 303 g/mol. The largest absolute Gasteiger partial charge is 0.472 e. The van der Waals surface area contributed by atoms with Crippen molar-refractivity contribution in [3.8, 4) is 11.5 Å². The van der Waals surface area contributed by atoms with Crippen molar-refractivity contribution >= 4 is 0 Å². The summed E-state index contributed by atoms with van der Waals surface area (Å²) in [5, 5.41) is 4.14. The zero-order chi connectivity index (χ0) is 15.5. The highest BCUT2D eigenvalue weighted by Gasteiger charge is 2.27. The summed E-state index contributed by atoms with van der Waals surface area (Å²) >= 11 is 0. The highest BCUT2D eigenvalue weighted by Crippen LogP contribution is 2.27. The maximum absolute atomic E-state index is 5.35. The van der Waals surface area contributed by atoms with Crippen molar-refractivity contribution in [2.24, 2.45) is 11.8 Å². The van der Waals surface area contributed by atoms with Gasteiger partial charge in [-0.05, 0) is 43.7 Å². The van der Waals surface area contributed by atoms with Gasteiger partial charge in [0.25, 0.3) is 5.89 Å². The number of nitrogens with zero attached hydrogens (tertiary/aromatic N) is 3. The molecule has 1 saturated heterocycles. The van der Waals surface area contributed by atoms with Gasteiger partial charge in [-0.25, -0.2) is 0 Å². The molecule has 1 fully saturated rings.